The van der Waals surface area contributed by atoms with Gasteiger partial charge in [-0.3, -0.25) is 0 Å². The molecule has 0 unspecified atom stereocenters. The van der Waals surface area contributed by atoms with Gasteiger partial charge >= 0.3 is 6.61 Å². The van der Waals surface area contributed by atoms with Crippen molar-refractivity contribution in [2.24, 2.45) is 0 Å². The van der Waals surface area contributed by atoms with E-state index in [-0.39, 0.29) is 0 Å². The first-order valence-corrected chi connectivity index (χ1v) is 5.92. The molecule has 1 aromatic rings. The quantitative estimate of drug-likeness (QED) is 0.630. The van der Waals surface area contributed by atoms with E-state index in [1.807, 2.05) is 0 Å². The second-order valence-electron chi connectivity index (χ2n) is 2.51. The lowest BCUT2D eigenvalue weighted by molar-refractivity contribution is -0.0525. The van der Waals surface area contributed by atoms with E-state index < -0.39 is 37.9 Å². The number of hydrogen-bond acceptors (Lipinski definition) is 3. The van der Waals surface area contributed by atoms with Crippen LogP contribution in [0.5, 0.6) is 5.75 Å². The van der Waals surface area contributed by atoms with Gasteiger partial charge in [-0.15, -0.1) is 0 Å². The van der Waals surface area contributed by atoms with Gasteiger partial charge in [0.25, 0.3) is 9.05 Å². The summed E-state index contributed by atoms with van der Waals surface area (Å²) in [6, 6.07) is 1.07. The molecule has 0 amide bonds. The van der Waals surface area contributed by atoms with Gasteiger partial charge in [0, 0.05) is 10.7 Å². The highest BCUT2D eigenvalue weighted by Gasteiger charge is 2.23. The summed E-state index contributed by atoms with van der Waals surface area (Å²) in [7, 11) is 0.283. The zero-order chi connectivity index (χ0) is 12.5. The fourth-order valence-electron chi connectivity index (χ4n) is 0.889. The molecule has 90 valence electrons. The summed E-state index contributed by atoms with van der Waals surface area (Å²) in [5.41, 5.74) is 0. The van der Waals surface area contributed by atoms with Crippen LogP contribution in [0.15, 0.2) is 17.0 Å². The average Bonchev–Trinajstić information content (AvgIpc) is 2.10. The van der Waals surface area contributed by atoms with Gasteiger partial charge in [-0.2, -0.15) is 13.2 Å². The molecule has 0 spiro atoms. The predicted octanol–water partition coefficient (Wildman–Crippen LogP) is 2.49. The number of rotatable bonds is 3. The Labute approximate surface area is 92.0 Å². The molecule has 0 fully saturated rings. The minimum Gasteiger partial charge on any atom is -0.432 e. The van der Waals surface area contributed by atoms with E-state index in [0.717, 1.165) is 0 Å². The van der Waals surface area contributed by atoms with Crippen LogP contribution in [0.4, 0.5) is 17.6 Å². The largest absolute Gasteiger partial charge is 0.432 e. The van der Waals surface area contributed by atoms with Gasteiger partial charge in [-0.25, -0.2) is 12.8 Å². The zero-order valence-electron chi connectivity index (χ0n) is 7.25. The van der Waals surface area contributed by atoms with Crippen LogP contribution in [0, 0.1) is 11.6 Å². The molecule has 0 N–H and O–H groups in total. The van der Waals surface area contributed by atoms with Crippen LogP contribution in [-0.2, 0) is 9.05 Å². The molecular formula is C7H3ClF4O3S. The number of benzene rings is 1. The fraction of sp³-hybridized carbons (Fsp3) is 0.143. The van der Waals surface area contributed by atoms with Crippen LogP contribution in [0.1, 0.15) is 0 Å². The summed E-state index contributed by atoms with van der Waals surface area (Å²) in [4.78, 5) is -1.15. The SMILES string of the molecule is O=S(=O)(Cl)c1ccc(OC(F)F)c(F)c1F. The minimum absolute atomic E-state index is 0.526. The van der Waals surface area contributed by atoms with Gasteiger partial charge in [-0.1, -0.05) is 0 Å². The highest BCUT2D eigenvalue weighted by molar-refractivity contribution is 8.13. The minimum atomic E-state index is -4.49. The monoisotopic (exact) mass is 278 g/mol. The third-order valence-corrected chi connectivity index (χ3v) is 2.83. The number of hydrogen-bond donors (Lipinski definition) is 0. The van der Waals surface area contributed by atoms with Crippen LogP contribution < -0.4 is 4.74 Å². The summed E-state index contributed by atoms with van der Waals surface area (Å²) in [5.74, 6) is -4.81. The van der Waals surface area contributed by atoms with E-state index in [0.29, 0.717) is 12.1 Å². The predicted molar refractivity (Wildman–Crippen MR) is 46.0 cm³/mol. The summed E-state index contributed by atoms with van der Waals surface area (Å²) in [6.07, 6.45) is 0. The molecule has 0 saturated carbocycles. The first-order chi connectivity index (χ1) is 7.23. The first-order valence-electron chi connectivity index (χ1n) is 3.61. The fourth-order valence-corrected chi connectivity index (χ4v) is 1.78. The molecule has 0 aliphatic rings. The van der Waals surface area contributed by atoms with Crippen molar-refractivity contribution in [3.63, 3.8) is 0 Å². The van der Waals surface area contributed by atoms with Gasteiger partial charge < -0.3 is 4.74 Å². The van der Waals surface area contributed by atoms with Crippen LogP contribution >= 0.6 is 10.7 Å². The number of halogens is 5. The molecule has 16 heavy (non-hydrogen) atoms. The Morgan fingerprint density at radius 3 is 2.19 bits per heavy atom. The standard InChI is InChI=1S/C7H3ClF4O3S/c8-16(13,14)4-2-1-3(15-7(11)12)5(9)6(4)10/h1-2,7H. The maximum Gasteiger partial charge on any atom is 0.387 e. The molecule has 0 bridgehead atoms. The van der Waals surface area contributed by atoms with Crippen molar-refractivity contribution in [3.05, 3.63) is 23.8 Å². The Bertz CT molecular complexity index is 503. The zero-order valence-corrected chi connectivity index (χ0v) is 8.83. The Hall–Kier alpha value is -1.02. The highest BCUT2D eigenvalue weighted by atomic mass is 35.7. The molecule has 0 radical (unpaired) electrons. The summed E-state index contributed by atoms with van der Waals surface area (Å²) >= 11 is 0. The van der Waals surface area contributed by atoms with E-state index in [4.69, 9.17) is 10.7 Å². The third-order valence-electron chi connectivity index (χ3n) is 1.49. The Morgan fingerprint density at radius 1 is 1.19 bits per heavy atom. The molecule has 0 aromatic heterocycles. The van der Waals surface area contributed by atoms with Crippen molar-refractivity contribution in [2.45, 2.75) is 11.5 Å². The van der Waals surface area contributed by atoms with Gasteiger partial charge in [-0.05, 0) is 12.1 Å². The summed E-state index contributed by atoms with van der Waals surface area (Å²) in [6.45, 7) is -3.35. The lowest BCUT2D eigenvalue weighted by Crippen LogP contribution is -2.06. The molecular weight excluding hydrogens is 276 g/mol. The van der Waals surface area contributed by atoms with Crippen molar-refractivity contribution < 1.29 is 30.7 Å². The van der Waals surface area contributed by atoms with Gasteiger partial charge in [0.15, 0.2) is 11.6 Å². The molecule has 1 rings (SSSR count). The maximum absolute atomic E-state index is 13.0. The topological polar surface area (TPSA) is 43.4 Å². The smallest absolute Gasteiger partial charge is 0.387 e. The van der Waals surface area contributed by atoms with Crippen molar-refractivity contribution in [1.29, 1.82) is 0 Å². The molecule has 3 nitrogen and oxygen atoms in total. The molecule has 0 saturated heterocycles. The molecule has 0 aliphatic heterocycles. The van der Waals surface area contributed by atoms with Gasteiger partial charge in [0.2, 0.25) is 5.82 Å². The Morgan fingerprint density at radius 2 is 1.75 bits per heavy atom. The van der Waals surface area contributed by atoms with E-state index in [2.05, 4.69) is 4.74 Å². The van der Waals surface area contributed by atoms with Gasteiger partial charge in [0.05, 0.1) is 0 Å². The van der Waals surface area contributed by atoms with Crippen molar-refractivity contribution in [1.82, 2.24) is 0 Å². The molecule has 0 aliphatic carbocycles. The summed E-state index contributed by atoms with van der Waals surface area (Å²) < 4.78 is 74.5. The first kappa shape index (κ1) is 13.0. The van der Waals surface area contributed by atoms with E-state index in [1.165, 1.54) is 0 Å². The molecule has 1 aromatic carbocycles. The van der Waals surface area contributed by atoms with Crippen LogP contribution in [0.3, 0.4) is 0 Å². The van der Waals surface area contributed by atoms with Crippen molar-refractivity contribution in [2.75, 3.05) is 0 Å². The normalized spacial score (nSPS) is 11.9. The Balaban J connectivity index is 3.29. The second-order valence-corrected chi connectivity index (χ2v) is 5.04. The summed E-state index contributed by atoms with van der Waals surface area (Å²) in [5, 5.41) is 0. The molecule has 9 heteroatoms. The van der Waals surface area contributed by atoms with E-state index >= 15 is 0 Å². The third kappa shape index (κ3) is 2.76. The molecule has 0 heterocycles. The maximum atomic E-state index is 13.0. The van der Waals surface area contributed by atoms with Crippen molar-refractivity contribution in [3.8, 4) is 5.75 Å². The highest BCUT2D eigenvalue weighted by Crippen LogP contribution is 2.28. The second kappa shape index (κ2) is 4.46. The van der Waals surface area contributed by atoms with Crippen LogP contribution in [0.2, 0.25) is 0 Å². The number of ether oxygens (including phenoxy) is 1. The molecule has 0 atom stereocenters. The lowest BCUT2D eigenvalue weighted by atomic mass is 10.3. The number of alkyl halides is 2. The average molecular weight is 279 g/mol. The van der Waals surface area contributed by atoms with Crippen LogP contribution in [0.25, 0.3) is 0 Å². The van der Waals surface area contributed by atoms with E-state index in [9.17, 15) is 26.0 Å². The van der Waals surface area contributed by atoms with Gasteiger partial charge in [0.1, 0.15) is 4.90 Å². The van der Waals surface area contributed by atoms with E-state index in [1.54, 1.807) is 0 Å². The van der Waals surface area contributed by atoms with Crippen LogP contribution in [-0.4, -0.2) is 15.0 Å². The van der Waals surface area contributed by atoms with Crippen molar-refractivity contribution >= 4 is 19.7 Å². The lowest BCUT2D eigenvalue weighted by Gasteiger charge is -2.07. The Kier molecular flexibility index (Phi) is 3.64.